The van der Waals surface area contributed by atoms with Crippen molar-refractivity contribution in [1.82, 2.24) is 4.90 Å². The first kappa shape index (κ1) is 17.5. The molecule has 1 N–H and O–H groups in total. The van der Waals surface area contributed by atoms with Gasteiger partial charge in [-0.3, -0.25) is 0 Å². The molecular weight excluding hydrogens is 312 g/mol. The van der Waals surface area contributed by atoms with Crippen LogP contribution in [0.5, 0.6) is 0 Å². The number of nitrogens with one attached hydrogen (secondary N) is 1. The van der Waals surface area contributed by atoms with Crippen molar-refractivity contribution in [2.75, 3.05) is 25.0 Å². The number of amides is 2. The zero-order chi connectivity index (χ0) is 17.5. The summed E-state index contributed by atoms with van der Waals surface area (Å²) >= 11 is 0. The number of aryl methyl sites for hydroxylation is 1. The Hall–Kier alpha value is -2.33. The van der Waals surface area contributed by atoms with Gasteiger partial charge in [0.1, 0.15) is 0 Å². The lowest BCUT2D eigenvalue weighted by Gasteiger charge is -2.32. The van der Waals surface area contributed by atoms with E-state index in [0.717, 1.165) is 37.2 Å². The normalized spacial score (nSPS) is 17.3. The van der Waals surface area contributed by atoms with Gasteiger partial charge in [0.05, 0.1) is 13.2 Å². The molecule has 0 bridgehead atoms. The first-order chi connectivity index (χ1) is 12.2. The fourth-order valence-corrected chi connectivity index (χ4v) is 3.21. The number of hydrogen-bond donors (Lipinski definition) is 1. The summed E-state index contributed by atoms with van der Waals surface area (Å²) in [6.07, 6.45) is 2.14. The maximum absolute atomic E-state index is 12.5. The minimum Gasteiger partial charge on any atom is -0.376 e. The molecule has 2 aromatic carbocycles. The second kappa shape index (κ2) is 8.67. The quantitative estimate of drug-likeness (QED) is 0.875. The number of benzene rings is 2. The zero-order valence-corrected chi connectivity index (χ0v) is 14.8. The molecule has 0 aromatic heterocycles. The van der Waals surface area contributed by atoms with Gasteiger partial charge in [0, 0.05) is 24.7 Å². The molecule has 0 spiro atoms. The van der Waals surface area contributed by atoms with E-state index in [0.29, 0.717) is 19.1 Å². The third-order valence-corrected chi connectivity index (χ3v) is 4.66. The third kappa shape index (κ3) is 5.07. The number of carbonyl (C=O) groups is 1. The van der Waals surface area contributed by atoms with Gasteiger partial charge in [-0.1, -0.05) is 48.5 Å². The zero-order valence-electron chi connectivity index (χ0n) is 14.8. The fourth-order valence-electron chi connectivity index (χ4n) is 3.21. The Balaban J connectivity index is 1.47. The van der Waals surface area contributed by atoms with E-state index in [1.54, 1.807) is 0 Å². The van der Waals surface area contributed by atoms with Crippen molar-refractivity contribution in [3.8, 4) is 0 Å². The van der Waals surface area contributed by atoms with Crippen LogP contribution < -0.4 is 5.32 Å². The minimum absolute atomic E-state index is 0.0120. The van der Waals surface area contributed by atoms with Crippen LogP contribution in [0.3, 0.4) is 0 Å². The van der Waals surface area contributed by atoms with E-state index in [1.807, 2.05) is 54.3 Å². The van der Waals surface area contributed by atoms with Crippen molar-refractivity contribution in [2.45, 2.75) is 26.4 Å². The van der Waals surface area contributed by atoms with Crippen LogP contribution in [-0.4, -0.2) is 30.6 Å². The lowest BCUT2D eigenvalue weighted by molar-refractivity contribution is 0.0606. The number of nitrogens with zero attached hydrogens (tertiary/aromatic N) is 1. The molecule has 2 amide bonds. The van der Waals surface area contributed by atoms with E-state index in [-0.39, 0.29) is 6.03 Å². The average molecular weight is 338 g/mol. The maximum atomic E-state index is 12.5. The minimum atomic E-state index is -0.0120. The first-order valence-corrected chi connectivity index (χ1v) is 8.95. The molecule has 3 rings (SSSR count). The SMILES string of the molecule is Cc1ccccc1NC(=O)N1CCCC(COCc2ccccc2)C1. The molecule has 25 heavy (non-hydrogen) atoms. The molecule has 1 saturated heterocycles. The summed E-state index contributed by atoms with van der Waals surface area (Å²) < 4.78 is 5.87. The first-order valence-electron chi connectivity index (χ1n) is 8.95. The van der Waals surface area contributed by atoms with Gasteiger partial charge in [-0.15, -0.1) is 0 Å². The molecule has 1 aliphatic rings. The molecule has 2 aromatic rings. The van der Waals surface area contributed by atoms with Crippen LogP contribution in [0, 0.1) is 12.8 Å². The maximum Gasteiger partial charge on any atom is 0.321 e. The molecule has 1 heterocycles. The molecule has 1 aliphatic heterocycles. The largest absolute Gasteiger partial charge is 0.376 e. The van der Waals surface area contributed by atoms with Crippen molar-refractivity contribution >= 4 is 11.7 Å². The number of piperidine rings is 1. The third-order valence-electron chi connectivity index (χ3n) is 4.66. The molecule has 1 unspecified atom stereocenters. The number of urea groups is 1. The number of para-hydroxylation sites is 1. The van der Waals surface area contributed by atoms with Gasteiger partial charge in [0.15, 0.2) is 0 Å². The molecule has 1 fully saturated rings. The summed E-state index contributed by atoms with van der Waals surface area (Å²) in [5.41, 5.74) is 3.15. The lowest BCUT2D eigenvalue weighted by Crippen LogP contribution is -2.43. The second-order valence-corrected chi connectivity index (χ2v) is 6.70. The van der Waals surface area contributed by atoms with Crippen molar-refractivity contribution in [3.05, 3.63) is 65.7 Å². The number of rotatable bonds is 5. The van der Waals surface area contributed by atoms with Gasteiger partial charge in [0.25, 0.3) is 0 Å². The van der Waals surface area contributed by atoms with Crippen LogP contribution in [-0.2, 0) is 11.3 Å². The molecule has 0 radical (unpaired) electrons. The predicted molar refractivity (Wildman–Crippen MR) is 101 cm³/mol. The van der Waals surface area contributed by atoms with Crippen LogP contribution >= 0.6 is 0 Å². The summed E-state index contributed by atoms with van der Waals surface area (Å²) in [4.78, 5) is 14.4. The highest BCUT2D eigenvalue weighted by molar-refractivity contribution is 5.90. The standard InChI is InChI=1S/C21H26N2O2/c1-17-8-5-6-12-20(17)22-21(24)23-13-7-11-19(14-23)16-25-15-18-9-3-2-4-10-18/h2-6,8-10,12,19H,7,11,13-16H2,1H3,(H,22,24). The van der Waals surface area contributed by atoms with Crippen LogP contribution in [0.4, 0.5) is 10.5 Å². The molecular formula is C21H26N2O2. The van der Waals surface area contributed by atoms with Crippen molar-refractivity contribution in [3.63, 3.8) is 0 Å². The number of hydrogen-bond acceptors (Lipinski definition) is 2. The van der Waals surface area contributed by atoms with Crippen molar-refractivity contribution in [2.24, 2.45) is 5.92 Å². The van der Waals surface area contributed by atoms with Crippen LogP contribution in [0.15, 0.2) is 54.6 Å². The van der Waals surface area contributed by atoms with Gasteiger partial charge in [-0.2, -0.15) is 0 Å². The Morgan fingerprint density at radius 1 is 1.16 bits per heavy atom. The molecule has 132 valence electrons. The molecule has 1 atom stereocenters. The van der Waals surface area contributed by atoms with E-state index in [2.05, 4.69) is 17.4 Å². The summed E-state index contributed by atoms with van der Waals surface area (Å²) in [5.74, 6) is 0.403. The predicted octanol–water partition coefficient (Wildman–Crippen LogP) is 4.46. The number of ether oxygens (including phenoxy) is 1. The molecule has 4 heteroatoms. The van der Waals surface area contributed by atoms with Crippen LogP contribution in [0.25, 0.3) is 0 Å². The summed E-state index contributed by atoms with van der Waals surface area (Å²) in [6.45, 7) is 4.90. The highest BCUT2D eigenvalue weighted by Gasteiger charge is 2.24. The fraction of sp³-hybridized carbons (Fsp3) is 0.381. The Bertz CT molecular complexity index is 687. The lowest BCUT2D eigenvalue weighted by atomic mass is 9.99. The highest BCUT2D eigenvalue weighted by Crippen LogP contribution is 2.20. The van der Waals surface area contributed by atoms with E-state index in [9.17, 15) is 4.79 Å². The van der Waals surface area contributed by atoms with Gasteiger partial charge in [0.2, 0.25) is 0 Å². The molecule has 4 nitrogen and oxygen atoms in total. The second-order valence-electron chi connectivity index (χ2n) is 6.70. The number of anilines is 1. The van der Waals surface area contributed by atoms with Crippen LogP contribution in [0.1, 0.15) is 24.0 Å². The van der Waals surface area contributed by atoms with Crippen LogP contribution in [0.2, 0.25) is 0 Å². The van der Waals surface area contributed by atoms with E-state index >= 15 is 0 Å². The Morgan fingerprint density at radius 2 is 1.92 bits per heavy atom. The average Bonchev–Trinajstić information content (AvgIpc) is 2.65. The smallest absolute Gasteiger partial charge is 0.321 e. The van der Waals surface area contributed by atoms with E-state index in [1.165, 1.54) is 5.56 Å². The Kier molecular flexibility index (Phi) is 6.07. The topological polar surface area (TPSA) is 41.6 Å². The molecule has 0 saturated carbocycles. The van der Waals surface area contributed by atoms with E-state index in [4.69, 9.17) is 4.74 Å². The van der Waals surface area contributed by atoms with E-state index < -0.39 is 0 Å². The number of carbonyl (C=O) groups excluding carboxylic acids is 1. The summed E-state index contributed by atoms with van der Waals surface area (Å²) in [7, 11) is 0. The van der Waals surface area contributed by atoms with Gasteiger partial charge in [-0.25, -0.2) is 4.79 Å². The summed E-state index contributed by atoms with van der Waals surface area (Å²) in [6, 6.07) is 18.1. The van der Waals surface area contributed by atoms with Gasteiger partial charge < -0.3 is 15.0 Å². The highest BCUT2D eigenvalue weighted by atomic mass is 16.5. The van der Waals surface area contributed by atoms with Gasteiger partial charge in [-0.05, 0) is 37.0 Å². The monoisotopic (exact) mass is 338 g/mol. The summed E-state index contributed by atoms with van der Waals surface area (Å²) in [5, 5.41) is 3.03. The van der Waals surface area contributed by atoms with Crippen molar-refractivity contribution in [1.29, 1.82) is 0 Å². The van der Waals surface area contributed by atoms with Gasteiger partial charge >= 0.3 is 6.03 Å². The number of likely N-dealkylation sites (tertiary alicyclic amines) is 1. The Labute approximate surface area is 149 Å². The molecule has 0 aliphatic carbocycles. The van der Waals surface area contributed by atoms with Crippen molar-refractivity contribution < 1.29 is 9.53 Å². The Morgan fingerprint density at radius 3 is 2.72 bits per heavy atom.